The van der Waals surface area contributed by atoms with Crippen LogP contribution in [0.2, 0.25) is 5.15 Å². The Labute approximate surface area is 277 Å². The average molecular weight is 660 g/mol. The number of halogens is 1. The monoisotopic (exact) mass is 659 g/mol. The Hall–Kier alpha value is -3.15. The molecule has 4 rings (SSSR count). The van der Waals surface area contributed by atoms with E-state index < -0.39 is 29.5 Å². The molecule has 3 amide bonds. The number of piperidine rings is 1. The van der Waals surface area contributed by atoms with E-state index >= 15 is 0 Å². The van der Waals surface area contributed by atoms with E-state index in [2.05, 4.69) is 0 Å². The van der Waals surface area contributed by atoms with Crippen molar-refractivity contribution in [2.45, 2.75) is 72.5 Å². The highest BCUT2D eigenvalue weighted by molar-refractivity contribution is 6.32. The van der Waals surface area contributed by atoms with Crippen LogP contribution in [0.15, 0.2) is 30.3 Å². The van der Waals surface area contributed by atoms with Gasteiger partial charge in [0.15, 0.2) is 5.15 Å². The van der Waals surface area contributed by atoms with Crippen molar-refractivity contribution in [1.29, 1.82) is 0 Å². The molecule has 0 radical (unpaired) electrons. The Kier molecular flexibility index (Phi) is 12.1. The summed E-state index contributed by atoms with van der Waals surface area (Å²) in [5.41, 5.74) is 0.573. The van der Waals surface area contributed by atoms with Gasteiger partial charge >= 0.3 is 6.09 Å². The van der Waals surface area contributed by atoms with E-state index in [0.29, 0.717) is 58.2 Å². The Morgan fingerprint density at radius 2 is 1.80 bits per heavy atom. The normalized spacial score (nSPS) is 20.7. The Bertz CT molecular complexity index is 1340. The van der Waals surface area contributed by atoms with Crippen LogP contribution >= 0.6 is 11.6 Å². The van der Waals surface area contributed by atoms with Crippen LogP contribution in [0.4, 0.5) is 4.79 Å². The molecule has 12 heteroatoms. The van der Waals surface area contributed by atoms with E-state index in [0.717, 1.165) is 18.4 Å². The molecule has 1 aromatic carbocycles. The van der Waals surface area contributed by atoms with Crippen molar-refractivity contribution in [3.63, 3.8) is 0 Å². The molecule has 3 heterocycles. The number of morpholine rings is 1. The van der Waals surface area contributed by atoms with Crippen LogP contribution in [0.5, 0.6) is 0 Å². The number of benzene rings is 1. The maximum atomic E-state index is 15.0. The molecular weight excluding hydrogens is 610 g/mol. The lowest BCUT2D eigenvalue weighted by Gasteiger charge is -2.52. The third-order valence-electron chi connectivity index (χ3n) is 8.81. The zero-order valence-corrected chi connectivity index (χ0v) is 28.8. The summed E-state index contributed by atoms with van der Waals surface area (Å²) >= 11 is 6.86. The van der Waals surface area contributed by atoms with Gasteiger partial charge in [-0.2, -0.15) is 0 Å². The lowest BCUT2D eigenvalue weighted by Crippen LogP contribution is -2.66. The molecule has 3 atom stereocenters. The van der Waals surface area contributed by atoms with E-state index in [-0.39, 0.29) is 35.1 Å². The van der Waals surface area contributed by atoms with Crippen molar-refractivity contribution >= 4 is 29.5 Å². The van der Waals surface area contributed by atoms with Gasteiger partial charge in [-0.3, -0.25) is 9.59 Å². The number of hydrogen-bond acceptors (Lipinski definition) is 6. The highest BCUT2D eigenvalue weighted by Crippen LogP contribution is 2.39. The topological polar surface area (TPSA) is 117 Å². The van der Waals surface area contributed by atoms with Crippen LogP contribution in [0.1, 0.15) is 64.4 Å². The second kappa shape index (κ2) is 15.6. The van der Waals surface area contributed by atoms with Gasteiger partial charge in [0, 0.05) is 52.0 Å². The van der Waals surface area contributed by atoms with Gasteiger partial charge in [0.1, 0.15) is 11.5 Å². The number of methoxy groups -OCH3 is 1. The molecule has 0 aliphatic carbocycles. The summed E-state index contributed by atoms with van der Waals surface area (Å²) in [5, 5.41) is 10.6. The number of ether oxygens (including phenoxy) is 2. The zero-order valence-electron chi connectivity index (χ0n) is 28.1. The van der Waals surface area contributed by atoms with Crippen LogP contribution in [0.3, 0.4) is 0 Å². The molecule has 0 spiro atoms. The zero-order chi connectivity index (χ0) is 33.6. The molecule has 0 bridgehead atoms. The number of hydrogen-bond donors (Lipinski definition) is 1. The molecule has 2 aliphatic rings. The average Bonchev–Trinajstić information content (AvgIpc) is 3.36. The fourth-order valence-electron chi connectivity index (χ4n) is 6.88. The minimum Gasteiger partial charge on any atom is -0.465 e. The van der Waals surface area contributed by atoms with Crippen LogP contribution in [0, 0.1) is 17.3 Å². The molecule has 0 saturated carbocycles. The minimum atomic E-state index is -1.10. The van der Waals surface area contributed by atoms with Crippen molar-refractivity contribution in [2.75, 3.05) is 53.1 Å². The Morgan fingerprint density at radius 3 is 2.39 bits per heavy atom. The number of unbranched alkanes of at least 4 members (excludes halogenated alkanes) is 1. The molecule has 2 aliphatic heterocycles. The van der Waals surface area contributed by atoms with Crippen LogP contribution in [-0.2, 0) is 20.8 Å². The van der Waals surface area contributed by atoms with Gasteiger partial charge in [-0.1, -0.05) is 76.6 Å². The maximum absolute atomic E-state index is 15.0. The molecule has 2 saturated heterocycles. The molecule has 1 aromatic heterocycles. The smallest absolute Gasteiger partial charge is 0.407 e. The number of carboxylic acid groups (broad SMARTS) is 1. The number of carbonyl (C=O) groups excluding carboxylic acids is 2. The number of aromatic nitrogens is 2. The summed E-state index contributed by atoms with van der Waals surface area (Å²) in [5.74, 6) is -0.363. The summed E-state index contributed by atoms with van der Waals surface area (Å²) < 4.78 is 12.6. The first-order chi connectivity index (χ1) is 21.8. The predicted octanol–water partition coefficient (Wildman–Crippen LogP) is 5.37. The van der Waals surface area contributed by atoms with E-state index in [1.807, 2.05) is 69.5 Å². The first kappa shape index (κ1) is 35.7. The first-order valence-corrected chi connectivity index (χ1v) is 16.7. The number of carbonyl (C=O) groups is 3. The van der Waals surface area contributed by atoms with Gasteiger partial charge in [0.05, 0.1) is 31.2 Å². The van der Waals surface area contributed by atoms with Crippen LogP contribution < -0.4 is 0 Å². The first-order valence-electron chi connectivity index (χ1n) is 16.3. The number of amides is 3. The molecule has 2 fully saturated rings. The van der Waals surface area contributed by atoms with Gasteiger partial charge < -0.3 is 33.8 Å². The van der Waals surface area contributed by atoms with E-state index in [9.17, 15) is 19.5 Å². The molecule has 1 unspecified atom stereocenters. The Morgan fingerprint density at radius 1 is 1.13 bits per heavy atom. The van der Waals surface area contributed by atoms with E-state index in [4.69, 9.17) is 26.1 Å². The highest BCUT2D eigenvalue weighted by atomic mass is 35.5. The molecule has 46 heavy (non-hydrogen) atoms. The second-order valence-corrected chi connectivity index (χ2v) is 14.2. The fourth-order valence-corrected chi connectivity index (χ4v) is 7.14. The van der Waals surface area contributed by atoms with Crippen LogP contribution in [0.25, 0.3) is 11.4 Å². The Balaban J connectivity index is 1.82. The third kappa shape index (κ3) is 8.22. The van der Waals surface area contributed by atoms with Gasteiger partial charge in [0.25, 0.3) is 5.91 Å². The van der Waals surface area contributed by atoms with Gasteiger partial charge in [-0.15, -0.1) is 0 Å². The van der Waals surface area contributed by atoms with Crippen molar-refractivity contribution in [2.24, 2.45) is 17.3 Å². The standard InChI is InChI=1S/C34H50ClN5O6/c1-23(2)21-39(32(42)27-29(35)36-30(24-12-8-7-9-13-24)38(27)14-10-11-17-45-6)26-20-25(31(41)37-15-18-46-19-16-37)22-40(33(43)44)28(26)34(3,4)5/h7-9,12-13,23,25-26,28H,10-11,14-22H2,1-6H3,(H,43,44)/t25-,26+,28?/m1/s1. The molecule has 1 N–H and O–H groups in total. The molecule has 11 nitrogen and oxygen atoms in total. The van der Waals surface area contributed by atoms with Crippen molar-refractivity contribution in [3.8, 4) is 11.4 Å². The predicted molar refractivity (Wildman–Crippen MR) is 177 cm³/mol. The lowest BCUT2D eigenvalue weighted by atomic mass is 9.74. The summed E-state index contributed by atoms with van der Waals surface area (Å²) in [4.78, 5) is 51.3. The lowest BCUT2D eigenvalue weighted by molar-refractivity contribution is -0.144. The number of nitrogens with zero attached hydrogens (tertiary/aromatic N) is 5. The minimum absolute atomic E-state index is 0.0589. The van der Waals surface area contributed by atoms with E-state index in [1.165, 1.54) is 4.90 Å². The summed E-state index contributed by atoms with van der Waals surface area (Å²) in [6.45, 7) is 13.4. The van der Waals surface area contributed by atoms with Crippen LogP contribution in [-0.4, -0.2) is 112 Å². The van der Waals surface area contributed by atoms with E-state index in [1.54, 1.807) is 16.9 Å². The third-order valence-corrected chi connectivity index (χ3v) is 9.07. The molecule has 254 valence electrons. The SMILES string of the molecule is COCCCCn1c(-c2ccccc2)nc(Cl)c1C(=O)N(CC(C)C)[C@H]1C[C@@H](C(=O)N2CCOCC2)CN(C(=O)O)C1C(C)(C)C. The quantitative estimate of drug-likeness (QED) is 0.322. The summed E-state index contributed by atoms with van der Waals surface area (Å²) in [7, 11) is 1.66. The van der Waals surface area contributed by atoms with Crippen molar-refractivity contribution in [1.82, 2.24) is 24.3 Å². The highest BCUT2D eigenvalue weighted by Gasteiger charge is 2.50. The fraction of sp³-hybridized carbons (Fsp3) is 0.647. The van der Waals surface area contributed by atoms with Crippen molar-refractivity contribution in [3.05, 3.63) is 41.2 Å². The maximum Gasteiger partial charge on any atom is 0.407 e. The largest absolute Gasteiger partial charge is 0.465 e. The molecular formula is C34H50ClN5O6. The van der Waals surface area contributed by atoms with Gasteiger partial charge in [-0.05, 0) is 30.6 Å². The van der Waals surface area contributed by atoms with Gasteiger partial charge in [-0.25, -0.2) is 9.78 Å². The molecule has 2 aromatic rings. The summed E-state index contributed by atoms with van der Waals surface area (Å²) in [6, 6.07) is 8.49. The number of likely N-dealkylation sites (tertiary alicyclic amines) is 1. The van der Waals surface area contributed by atoms with Gasteiger partial charge in [0.2, 0.25) is 5.91 Å². The summed E-state index contributed by atoms with van der Waals surface area (Å²) in [6.07, 6.45) is 0.763. The van der Waals surface area contributed by atoms with Crippen molar-refractivity contribution < 1.29 is 29.0 Å². The number of rotatable bonds is 11. The number of imidazole rings is 1. The second-order valence-electron chi connectivity index (χ2n) is 13.8.